The van der Waals surface area contributed by atoms with E-state index >= 15 is 0 Å². The molecule has 2 heterocycles. The zero-order chi connectivity index (χ0) is 27.3. The molecule has 1 fully saturated rings. The SMILES string of the molecule is CNC(=O)c1c(-c2ccc(F)cc2)oc2ccc(-c3cc(C(=O)NC4(c5coc(C)n5)CC4)ccc3C)cc12. The van der Waals surface area contributed by atoms with E-state index in [4.69, 9.17) is 8.83 Å². The molecule has 0 saturated heterocycles. The lowest BCUT2D eigenvalue weighted by Gasteiger charge is -2.16. The molecule has 0 radical (unpaired) electrons. The van der Waals surface area contributed by atoms with Crippen molar-refractivity contribution in [2.24, 2.45) is 0 Å². The van der Waals surface area contributed by atoms with Crippen LogP contribution < -0.4 is 10.6 Å². The van der Waals surface area contributed by atoms with Crippen LogP contribution in [0, 0.1) is 19.7 Å². The number of hydrogen-bond donors (Lipinski definition) is 2. The Morgan fingerprint density at radius 2 is 1.69 bits per heavy atom. The Hall–Kier alpha value is -4.72. The highest BCUT2D eigenvalue weighted by Gasteiger charge is 2.48. The van der Waals surface area contributed by atoms with Gasteiger partial charge in [0.15, 0.2) is 5.89 Å². The molecule has 39 heavy (non-hydrogen) atoms. The average Bonchev–Trinajstić information content (AvgIpc) is 3.40. The Bertz CT molecular complexity index is 1750. The van der Waals surface area contributed by atoms with Crippen LogP contribution in [0.4, 0.5) is 4.39 Å². The van der Waals surface area contributed by atoms with Crippen LogP contribution in [-0.2, 0) is 5.54 Å². The number of amides is 2. The number of nitrogens with one attached hydrogen (secondary N) is 2. The van der Waals surface area contributed by atoms with Crippen molar-refractivity contribution in [2.75, 3.05) is 7.05 Å². The summed E-state index contributed by atoms with van der Waals surface area (Å²) < 4.78 is 25.0. The zero-order valence-electron chi connectivity index (χ0n) is 21.7. The van der Waals surface area contributed by atoms with Gasteiger partial charge in [0, 0.05) is 30.5 Å². The van der Waals surface area contributed by atoms with E-state index in [0.717, 1.165) is 35.2 Å². The molecule has 2 amide bonds. The van der Waals surface area contributed by atoms with Gasteiger partial charge in [0.05, 0.1) is 11.1 Å². The third-order valence-corrected chi connectivity index (χ3v) is 7.27. The van der Waals surface area contributed by atoms with Gasteiger partial charge in [-0.15, -0.1) is 0 Å². The van der Waals surface area contributed by atoms with Gasteiger partial charge < -0.3 is 19.5 Å². The van der Waals surface area contributed by atoms with Crippen LogP contribution in [0.1, 0.15) is 50.7 Å². The predicted molar refractivity (Wildman–Crippen MR) is 145 cm³/mol. The quantitative estimate of drug-likeness (QED) is 0.273. The van der Waals surface area contributed by atoms with Crippen LogP contribution in [0.15, 0.2) is 75.8 Å². The minimum Gasteiger partial charge on any atom is -0.455 e. The van der Waals surface area contributed by atoms with Gasteiger partial charge in [0.25, 0.3) is 11.8 Å². The van der Waals surface area contributed by atoms with Gasteiger partial charge in [0.2, 0.25) is 0 Å². The maximum atomic E-state index is 13.5. The van der Waals surface area contributed by atoms with Gasteiger partial charge in [-0.2, -0.15) is 0 Å². The molecule has 1 aliphatic carbocycles. The fourth-order valence-electron chi connectivity index (χ4n) is 4.94. The molecule has 6 rings (SSSR count). The van der Waals surface area contributed by atoms with E-state index in [1.807, 2.05) is 37.3 Å². The highest BCUT2D eigenvalue weighted by Crippen LogP contribution is 2.45. The van der Waals surface area contributed by atoms with E-state index in [2.05, 4.69) is 15.6 Å². The number of carbonyl (C=O) groups excluding carboxylic acids is 2. The first kappa shape index (κ1) is 24.6. The van der Waals surface area contributed by atoms with Crippen molar-refractivity contribution in [1.29, 1.82) is 0 Å². The molecule has 0 atom stereocenters. The van der Waals surface area contributed by atoms with Crippen LogP contribution >= 0.6 is 0 Å². The molecule has 0 spiro atoms. The molecule has 196 valence electrons. The third kappa shape index (κ3) is 4.37. The van der Waals surface area contributed by atoms with Crippen molar-refractivity contribution in [3.05, 3.63) is 101 Å². The average molecular weight is 524 g/mol. The van der Waals surface area contributed by atoms with Crippen LogP contribution in [0.25, 0.3) is 33.4 Å². The number of fused-ring (bicyclic) bond motifs is 1. The number of halogens is 1. The monoisotopic (exact) mass is 523 g/mol. The summed E-state index contributed by atoms with van der Waals surface area (Å²) in [5.41, 5.74) is 4.93. The number of aromatic nitrogens is 1. The van der Waals surface area contributed by atoms with Crippen LogP contribution in [-0.4, -0.2) is 23.8 Å². The number of furan rings is 1. The molecule has 1 saturated carbocycles. The lowest BCUT2D eigenvalue weighted by molar-refractivity contribution is 0.0928. The molecular formula is C31H26FN3O4. The summed E-state index contributed by atoms with van der Waals surface area (Å²) in [7, 11) is 1.55. The maximum absolute atomic E-state index is 13.5. The van der Waals surface area contributed by atoms with E-state index in [-0.39, 0.29) is 17.6 Å². The lowest BCUT2D eigenvalue weighted by Crippen LogP contribution is -2.35. The van der Waals surface area contributed by atoms with Crippen LogP contribution in [0.5, 0.6) is 0 Å². The summed E-state index contributed by atoms with van der Waals surface area (Å²) in [6.45, 7) is 3.75. The van der Waals surface area contributed by atoms with E-state index in [0.29, 0.717) is 39.3 Å². The predicted octanol–water partition coefficient (Wildman–Crippen LogP) is 6.29. The van der Waals surface area contributed by atoms with Crippen LogP contribution in [0.3, 0.4) is 0 Å². The number of benzene rings is 3. The first-order valence-corrected chi connectivity index (χ1v) is 12.7. The summed E-state index contributed by atoms with van der Waals surface area (Å²) in [5.74, 6) is 0.0544. The summed E-state index contributed by atoms with van der Waals surface area (Å²) in [5, 5.41) is 6.45. The lowest BCUT2D eigenvalue weighted by atomic mass is 9.95. The number of aryl methyl sites for hydroxylation is 2. The second-order valence-corrected chi connectivity index (χ2v) is 9.92. The van der Waals surface area contributed by atoms with E-state index in [9.17, 15) is 14.0 Å². The highest BCUT2D eigenvalue weighted by molar-refractivity contribution is 6.12. The van der Waals surface area contributed by atoms with Crippen LogP contribution in [0.2, 0.25) is 0 Å². The molecule has 0 bridgehead atoms. The normalized spacial score (nSPS) is 13.8. The Balaban J connectivity index is 1.38. The first-order chi connectivity index (χ1) is 18.8. The van der Waals surface area contributed by atoms with Crippen molar-refractivity contribution in [3.63, 3.8) is 0 Å². The Morgan fingerprint density at radius 1 is 0.949 bits per heavy atom. The maximum Gasteiger partial charge on any atom is 0.255 e. The number of nitrogens with zero attached hydrogens (tertiary/aromatic N) is 1. The van der Waals surface area contributed by atoms with E-state index in [1.54, 1.807) is 38.4 Å². The minimum absolute atomic E-state index is 0.191. The molecule has 0 aliphatic heterocycles. The second-order valence-electron chi connectivity index (χ2n) is 9.92. The van der Waals surface area contributed by atoms with Gasteiger partial charge in [-0.1, -0.05) is 12.1 Å². The molecule has 2 aromatic heterocycles. The smallest absolute Gasteiger partial charge is 0.255 e. The molecule has 1 aliphatic rings. The molecule has 0 unspecified atom stereocenters. The van der Waals surface area contributed by atoms with E-state index < -0.39 is 5.54 Å². The number of hydrogen-bond acceptors (Lipinski definition) is 5. The molecule has 2 N–H and O–H groups in total. The Labute approximate surface area is 224 Å². The highest BCUT2D eigenvalue weighted by atomic mass is 19.1. The van der Waals surface area contributed by atoms with Crippen molar-refractivity contribution in [3.8, 4) is 22.5 Å². The molecule has 3 aromatic carbocycles. The topological polar surface area (TPSA) is 97.4 Å². The summed E-state index contributed by atoms with van der Waals surface area (Å²) in [6, 6.07) is 17.0. The second kappa shape index (κ2) is 9.23. The summed E-state index contributed by atoms with van der Waals surface area (Å²) in [6.07, 6.45) is 3.21. The van der Waals surface area contributed by atoms with Gasteiger partial charge in [-0.25, -0.2) is 9.37 Å². The largest absolute Gasteiger partial charge is 0.455 e. The number of rotatable bonds is 6. The van der Waals surface area contributed by atoms with Crippen molar-refractivity contribution in [1.82, 2.24) is 15.6 Å². The first-order valence-electron chi connectivity index (χ1n) is 12.7. The molecular weight excluding hydrogens is 497 g/mol. The van der Waals surface area contributed by atoms with Crippen molar-refractivity contribution >= 4 is 22.8 Å². The molecule has 8 heteroatoms. The van der Waals surface area contributed by atoms with Gasteiger partial charge >= 0.3 is 0 Å². The fourth-order valence-corrected chi connectivity index (χ4v) is 4.94. The number of oxazole rings is 1. The molecule has 7 nitrogen and oxygen atoms in total. The number of carbonyl (C=O) groups is 2. The Kier molecular flexibility index (Phi) is 5.83. The summed E-state index contributed by atoms with van der Waals surface area (Å²) in [4.78, 5) is 30.7. The third-order valence-electron chi connectivity index (χ3n) is 7.27. The minimum atomic E-state index is -0.491. The van der Waals surface area contributed by atoms with E-state index in [1.165, 1.54) is 12.1 Å². The van der Waals surface area contributed by atoms with Crippen molar-refractivity contribution in [2.45, 2.75) is 32.2 Å². The zero-order valence-corrected chi connectivity index (χ0v) is 21.7. The van der Waals surface area contributed by atoms with Gasteiger partial charge in [-0.05, 0) is 85.0 Å². The Morgan fingerprint density at radius 3 is 2.36 bits per heavy atom. The van der Waals surface area contributed by atoms with Crippen molar-refractivity contribution < 1.29 is 22.8 Å². The van der Waals surface area contributed by atoms with Gasteiger partial charge in [0.1, 0.15) is 29.1 Å². The molecule has 5 aromatic rings. The van der Waals surface area contributed by atoms with Gasteiger partial charge in [-0.3, -0.25) is 9.59 Å². The standard InChI is InChI=1S/C31H26FN3O4/c1-17-4-5-21(29(36)35-31(12-13-31)26-16-38-18(2)34-26)15-23(17)20-8-11-25-24(14-20)27(30(37)33-3)28(39-25)19-6-9-22(32)10-7-19/h4-11,14-16H,12-13H2,1-3H3,(H,33,37)(H,35,36). The summed E-state index contributed by atoms with van der Waals surface area (Å²) >= 11 is 0. The fraction of sp³-hybridized carbons (Fsp3) is 0.194.